The Morgan fingerprint density at radius 2 is 2.28 bits per heavy atom. The zero-order valence-electron chi connectivity index (χ0n) is 11.2. The van der Waals surface area contributed by atoms with Gasteiger partial charge in [0.05, 0.1) is 7.11 Å². The SMILES string of the molecule is C=C1Oc2cc(OC)cc(C)c2C[C@@H]1[C@@H](C)CO. The van der Waals surface area contributed by atoms with Crippen molar-refractivity contribution in [2.45, 2.75) is 20.3 Å². The van der Waals surface area contributed by atoms with Crippen LogP contribution in [0, 0.1) is 18.8 Å². The molecule has 0 radical (unpaired) electrons. The molecule has 18 heavy (non-hydrogen) atoms. The van der Waals surface area contributed by atoms with Crippen LogP contribution < -0.4 is 9.47 Å². The van der Waals surface area contributed by atoms with Crippen molar-refractivity contribution >= 4 is 0 Å². The van der Waals surface area contributed by atoms with E-state index in [1.54, 1.807) is 7.11 Å². The zero-order chi connectivity index (χ0) is 13.3. The lowest BCUT2D eigenvalue weighted by Gasteiger charge is -2.31. The Morgan fingerprint density at radius 3 is 2.89 bits per heavy atom. The van der Waals surface area contributed by atoms with Crippen molar-refractivity contribution < 1.29 is 14.6 Å². The lowest BCUT2D eigenvalue weighted by Crippen LogP contribution is -2.26. The Labute approximate surface area is 108 Å². The van der Waals surface area contributed by atoms with Crippen molar-refractivity contribution in [1.82, 2.24) is 0 Å². The summed E-state index contributed by atoms with van der Waals surface area (Å²) in [6, 6.07) is 3.91. The second kappa shape index (κ2) is 5.02. The molecule has 1 aliphatic heterocycles. The van der Waals surface area contributed by atoms with Gasteiger partial charge in [0.2, 0.25) is 0 Å². The standard InChI is InChI=1S/C15H20O3/c1-9-5-12(17-4)6-15-14(9)7-13(10(2)8-16)11(3)18-15/h5-6,10,13,16H,3,7-8H2,1-2,4H3/t10-,13+/m0/s1. The first-order valence-electron chi connectivity index (χ1n) is 6.21. The van der Waals surface area contributed by atoms with Crippen LogP contribution in [0.25, 0.3) is 0 Å². The molecule has 1 aromatic rings. The average molecular weight is 248 g/mol. The summed E-state index contributed by atoms with van der Waals surface area (Å²) in [4.78, 5) is 0. The average Bonchev–Trinajstić information content (AvgIpc) is 2.36. The highest BCUT2D eigenvalue weighted by atomic mass is 16.5. The summed E-state index contributed by atoms with van der Waals surface area (Å²) < 4.78 is 11.0. The van der Waals surface area contributed by atoms with Crippen molar-refractivity contribution in [3.8, 4) is 11.5 Å². The minimum atomic E-state index is 0.150. The minimum Gasteiger partial charge on any atom is -0.497 e. The third kappa shape index (κ3) is 2.23. The Morgan fingerprint density at radius 1 is 1.56 bits per heavy atom. The summed E-state index contributed by atoms with van der Waals surface area (Å²) in [5.74, 6) is 2.70. The highest BCUT2D eigenvalue weighted by molar-refractivity contribution is 5.49. The summed E-state index contributed by atoms with van der Waals surface area (Å²) in [7, 11) is 1.65. The second-order valence-electron chi connectivity index (χ2n) is 4.96. The molecule has 0 saturated carbocycles. The third-order valence-corrected chi connectivity index (χ3v) is 3.69. The van der Waals surface area contributed by atoms with Crippen molar-refractivity contribution in [3.05, 3.63) is 35.6 Å². The molecule has 1 aromatic carbocycles. The van der Waals surface area contributed by atoms with Crippen molar-refractivity contribution in [1.29, 1.82) is 0 Å². The Kier molecular flexibility index (Phi) is 3.62. The number of rotatable bonds is 3. The molecule has 1 heterocycles. The summed E-state index contributed by atoms with van der Waals surface area (Å²) in [6.45, 7) is 8.20. The van der Waals surface area contributed by atoms with E-state index in [2.05, 4.69) is 13.5 Å². The Bertz CT molecular complexity index is 465. The van der Waals surface area contributed by atoms with E-state index < -0.39 is 0 Å². The first-order chi connectivity index (χ1) is 8.56. The van der Waals surface area contributed by atoms with Crippen LogP contribution in [0.15, 0.2) is 24.5 Å². The van der Waals surface area contributed by atoms with E-state index in [-0.39, 0.29) is 18.4 Å². The van der Waals surface area contributed by atoms with Crippen LogP contribution in [-0.2, 0) is 6.42 Å². The molecule has 0 bridgehead atoms. The molecule has 0 spiro atoms. The van der Waals surface area contributed by atoms with Crippen LogP contribution in [0.4, 0.5) is 0 Å². The molecule has 2 rings (SSSR count). The number of ether oxygens (including phenoxy) is 2. The molecule has 2 atom stereocenters. The van der Waals surface area contributed by atoms with Gasteiger partial charge in [-0.2, -0.15) is 0 Å². The molecule has 1 aliphatic rings. The first-order valence-corrected chi connectivity index (χ1v) is 6.21. The van der Waals surface area contributed by atoms with Crippen LogP contribution in [0.1, 0.15) is 18.1 Å². The van der Waals surface area contributed by atoms with Gasteiger partial charge >= 0.3 is 0 Å². The molecule has 0 aliphatic carbocycles. The van der Waals surface area contributed by atoms with E-state index in [0.717, 1.165) is 29.2 Å². The maximum Gasteiger partial charge on any atom is 0.134 e. The molecule has 3 heteroatoms. The Hall–Kier alpha value is -1.48. The van der Waals surface area contributed by atoms with Crippen LogP contribution in [0.2, 0.25) is 0 Å². The molecule has 0 aromatic heterocycles. The molecule has 0 saturated heterocycles. The summed E-state index contributed by atoms with van der Waals surface area (Å²) >= 11 is 0. The van der Waals surface area contributed by atoms with Crippen LogP contribution >= 0.6 is 0 Å². The topological polar surface area (TPSA) is 38.7 Å². The predicted octanol–water partition coefficient (Wildman–Crippen LogP) is 2.70. The lowest BCUT2D eigenvalue weighted by molar-refractivity contribution is 0.169. The van der Waals surface area contributed by atoms with Crippen LogP contribution in [0.5, 0.6) is 11.5 Å². The molecule has 98 valence electrons. The van der Waals surface area contributed by atoms with E-state index in [9.17, 15) is 5.11 Å². The van der Waals surface area contributed by atoms with Crippen LogP contribution in [0.3, 0.4) is 0 Å². The van der Waals surface area contributed by atoms with E-state index in [0.29, 0.717) is 0 Å². The van der Waals surface area contributed by atoms with Gasteiger partial charge in [-0.1, -0.05) is 13.5 Å². The minimum absolute atomic E-state index is 0.150. The van der Waals surface area contributed by atoms with E-state index in [1.165, 1.54) is 5.56 Å². The van der Waals surface area contributed by atoms with Gasteiger partial charge in [-0.05, 0) is 36.5 Å². The number of aryl methyl sites for hydroxylation is 1. The quantitative estimate of drug-likeness (QED) is 0.893. The summed E-state index contributed by atoms with van der Waals surface area (Å²) in [5.41, 5.74) is 2.35. The number of fused-ring (bicyclic) bond motifs is 1. The maximum absolute atomic E-state index is 9.29. The lowest BCUT2D eigenvalue weighted by atomic mass is 9.83. The monoisotopic (exact) mass is 248 g/mol. The van der Waals surface area contributed by atoms with Crippen molar-refractivity contribution in [3.63, 3.8) is 0 Å². The smallest absolute Gasteiger partial charge is 0.134 e. The van der Waals surface area contributed by atoms with Gasteiger partial charge in [0.1, 0.15) is 17.3 Å². The van der Waals surface area contributed by atoms with Gasteiger partial charge in [0.25, 0.3) is 0 Å². The van der Waals surface area contributed by atoms with Crippen LogP contribution in [-0.4, -0.2) is 18.8 Å². The number of aliphatic hydroxyl groups is 1. The molecule has 1 N–H and O–H groups in total. The fourth-order valence-corrected chi connectivity index (χ4v) is 2.42. The summed E-state index contributed by atoms with van der Waals surface area (Å²) in [5, 5.41) is 9.29. The second-order valence-corrected chi connectivity index (χ2v) is 4.96. The van der Waals surface area contributed by atoms with E-state index in [4.69, 9.17) is 9.47 Å². The molecule has 0 fully saturated rings. The van der Waals surface area contributed by atoms with Gasteiger partial charge in [-0.25, -0.2) is 0 Å². The molecular weight excluding hydrogens is 228 g/mol. The first kappa shape index (κ1) is 13.0. The molecule has 0 amide bonds. The number of allylic oxidation sites excluding steroid dienone is 1. The normalized spacial score (nSPS) is 20.0. The number of methoxy groups -OCH3 is 1. The van der Waals surface area contributed by atoms with E-state index >= 15 is 0 Å². The third-order valence-electron chi connectivity index (χ3n) is 3.69. The van der Waals surface area contributed by atoms with Gasteiger partial charge in [0.15, 0.2) is 0 Å². The number of hydrogen-bond donors (Lipinski definition) is 1. The number of benzene rings is 1. The van der Waals surface area contributed by atoms with Gasteiger partial charge in [0, 0.05) is 18.6 Å². The van der Waals surface area contributed by atoms with Gasteiger partial charge in [-0.3, -0.25) is 0 Å². The van der Waals surface area contributed by atoms with Crippen molar-refractivity contribution in [2.75, 3.05) is 13.7 Å². The molecule has 3 nitrogen and oxygen atoms in total. The largest absolute Gasteiger partial charge is 0.497 e. The number of aliphatic hydroxyl groups excluding tert-OH is 1. The molecule has 0 unspecified atom stereocenters. The zero-order valence-corrected chi connectivity index (χ0v) is 11.2. The highest BCUT2D eigenvalue weighted by Crippen LogP contribution is 2.39. The molecular formula is C15H20O3. The summed E-state index contributed by atoms with van der Waals surface area (Å²) in [6.07, 6.45) is 0.867. The van der Waals surface area contributed by atoms with Crippen molar-refractivity contribution in [2.24, 2.45) is 11.8 Å². The fraction of sp³-hybridized carbons (Fsp3) is 0.467. The van der Waals surface area contributed by atoms with Gasteiger partial charge in [-0.15, -0.1) is 0 Å². The van der Waals surface area contributed by atoms with Gasteiger partial charge < -0.3 is 14.6 Å². The van der Waals surface area contributed by atoms with E-state index in [1.807, 2.05) is 19.1 Å². The fourth-order valence-electron chi connectivity index (χ4n) is 2.42. The maximum atomic E-state index is 9.29. The predicted molar refractivity (Wildman–Crippen MR) is 70.9 cm³/mol. The Balaban J connectivity index is 2.37. The number of hydrogen-bond acceptors (Lipinski definition) is 3. The highest BCUT2D eigenvalue weighted by Gasteiger charge is 2.29.